The first kappa shape index (κ1) is 22.4. The van der Waals surface area contributed by atoms with Gasteiger partial charge in [-0.25, -0.2) is 4.68 Å². The molecule has 1 aromatic heterocycles. The molecule has 3 rings (SSSR count). The molecule has 0 radical (unpaired) electrons. The number of aryl methyl sites for hydroxylation is 1. The van der Waals surface area contributed by atoms with Crippen molar-refractivity contribution in [3.8, 4) is 17.2 Å². The van der Waals surface area contributed by atoms with Gasteiger partial charge in [0.25, 0.3) is 0 Å². The van der Waals surface area contributed by atoms with Gasteiger partial charge in [0, 0.05) is 6.54 Å². The Hall–Kier alpha value is -3.32. The van der Waals surface area contributed by atoms with Crippen molar-refractivity contribution in [3.05, 3.63) is 65.5 Å². The Morgan fingerprint density at radius 1 is 1.13 bits per heavy atom. The monoisotopic (exact) mass is 422 g/mol. The maximum Gasteiger partial charge on any atom is 0.238 e. The molecule has 3 aromatic rings. The topological polar surface area (TPSA) is 68.6 Å². The highest BCUT2D eigenvalue weighted by atomic mass is 16.5. The summed E-state index contributed by atoms with van der Waals surface area (Å²) in [5, 5.41) is 7.61. The second-order valence-corrected chi connectivity index (χ2v) is 7.43. The predicted molar refractivity (Wildman–Crippen MR) is 122 cm³/mol. The minimum Gasteiger partial charge on any atom is -0.493 e. The molecule has 31 heavy (non-hydrogen) atoms. The number of hydrogen-bond acceptors (Lipinski definition) is 5. The van der Waals surface area contributed by atoms with Gasteiger partial charge in [0.2, 0.25) is 5.91 Å². The van der Waals surface area contributed by atoms with Crippen LogP contribution in [-0.4, -0.2) is 47.9 Å². The summed E-state index contributed by atoms with van der Waals surface area (Å²) in [5.41, 5.74) is 4.44. The SMILES string of the molecule is CCOc1ccc(CN(C)CC(=O)Nc2c(C)nn(-c3ccccc3)c2C)cc1OC. The summed E-state index contributed by atoms with van der Waals surface area (Å²) in [6, 6.07) is 15.7. The van der Waals surface area contributed by atoms with Crippen LogP contribution in [0.2, 0.25) is 0 Å². The number of aromatic nitrogens is 2. The summed E-state index contributed by atoms with van der Waals surface area (Å²) in [4.78, 5) is 14.6. The highest BCUT2D eigenvalue weighted by Crippen LogP contribution is 2.28. The molecule has 1 N–H and O–H groups in total. The third kappa shape index (κ3) is 5.44. The van der Waals surface area contributed by atoms with Gasteiger partial charge in [0.1, 0.15) is 0 Å². The first-order valence-corrected chi connectivity index (χ1v) is 10.3. The van der Waals surface area contributed by atoms with E-state index in [0.29, 0.717) is 18.9 Å². The number of hydrogen-bond donors (Lipinski definition) is 1. The van der Waals surface area contributed by atoms with E-state index in [1.54, 1.807) is 7.11 Å². The molecule has 1 heterocycles. The predicted octanol–water partition coefficient (Wildman–Crippen LogP) is 3.97. The van der Waals surface area contributed by atoms with Gasteiger partial charge in [0.05, 0.1) is 43.0 Å². The van der Waals surface area contributed by atoms with E-state index in [1.165, 1.54) is 0 Å². The fourth-order valence-electron chi connectivity index (χ4n) is 3.52. The van der Waals surface area contributed by atoms with Crippen molar-refractivity contribution in [3.63, 3.8) is 0 Å². The number of likely N-dealkylation sites (N-methyl/N-ethyl adjacent to an activating group) is 1. The molecule has 0 saturated heterocycles. The molecule has 7 heteroatoms. The molecule has 164 valence electrons. The van der Waals surface area contributed by atoms with Crippen molar-refractivity contribution in [2.75, 3.05) is 32.6 Å². The molecule has 0 aliphatic carbocycles. The normalized spacial score (nSPS) is 10.9. The molecule has 0 unspecified atom stereocenters. The molecule has 0 spiro atoms. The van der Waals surface area contributed by atoms with Crippen molar-refractivity contribution >= 4 is 11.6 Å². The van der Waals surface area contributed by atoms with Crippen LogP contribution in [-0.2, 0) is 11.3 Å². The minimum atomic E-state index is -0.0841. The van der Waals surface area contributed by atoms with Crippen LogP contribution in [0.1, 0.15) is 23.9 Å². The van der Waals surface area contributed by atoms with E-state index in [0.717, 1.165) is 34.1 Å². The highest BCUT2D eigenvalue weighted by Gasteiger charge is 2.16. The van der Waals surface area contributed by atoms with Gasteiger partial charge in [0.15, 0.2) is 11.5 Å². The van der Waals surface area contributed by atoms with Gasteiger partial charge < -0.3 is 14.8 Å². The van der Waals surface area contributed by atoms with Crippen molar-refractivity contribution in [1.82, 2.24) is 14.7 Å². The smallest absolute Gasteiger partial charge is 0.238 e. The lowest BCUT2D eigenvalue weighted by atomic mass is 10.2. The van der Waals surface area contributed by atoms with Crippen LogP contribution in [0.3, 0.4) is 0 Å². The van der Waals surface area contributed by atoms with Gasteiger partial charge >= 0.3 is 0 Å². The number of amides is 1. The quantitative estimate of drug-likeness (QED) is 0.565. The molecule has 1 amide bonds. The summed E-state index contributed by atoms with van der Waals surface area (Å²) in [6.45, 7) is 7.24. The average Bonchev–Trinajstić information content (AvgIpc) is 3.03. The van der Waals surface area contributed by atoms with Crippen molar-refractivity contribution < 1.29 is 14.3 Å². The molecule has 0 atom stereocenters. The number of carbonyl (C=O) groups excluding carboxylic acids is 1. The zero-order chi connectivity index (χ0) is 22.4. The van der Waals surface area contributed by atoms with Gasteiger partial charge in [-0.1, -0.05) is 24.3 Å². The van der Waals surface area contributed by atoms with Gasteiger partial charge in [-0.05, 0) is 57.6 Å². The second kappa shape index (κ2) is 10.1. The van der Waals surface area contributed by atoms with E-state index in [2.05, 4.69) is 10.4 Å². The van der Waals surface area contributed by atoms with Gasteiger partial charge in [-0.15, -0.1) is 0 Å². The fraction of sp³-hybridized carbons (Fsp3) is 0.333. The van der Waals surface area contributed by atoms with Crippen LogP contribution in [0.15, 0.2) is 48.5 Å². The first-order valence-electron chi connectivity index (χ1n) is 10.3. The number of benzene rings is 2. The third-order valence-corrected chi connectivity index (χ3v) is 4.95. The zero-order valence-corrected chi connectivity index (χ0v) is 18.8. The Morgan fingerprint density at radius 2 is 1.87 bits per heavy atom. The molecule has 0 fully saturated rings. The van der Waals surface area contributed by atoms with E-state index in [1.807, 2.05) is 85.9 Å². The zero-order valence-electron chi connectivity index (χ0n) is 18.8. The van der Waals surface area contributed by atoms with Crippen LogP contribution < -0.4 is 14.8 Å². The molecule has 0 saturated carbocycles. The van der Waals surface area contributed by atoms with Crippen molar-refractivity contribution in [2.24, 2.45) is 0 Å². The lowest BCUT2D eigenvalue weighted by Crippen LogP contribution is -2.30. The average molecular weight is 423 g/mol. The van der Waals surface area contributed by atoms with Crippen molar-refractivity contribution in [1.29, 1.82) is 0 Å². The van der Waals surface area contributed by atoms with Crippen LogP contribution in [0, 0.1) is 13.8 Å². The highest BCUT2D eigenvalue weighted by molar-refractivity contribution is 5.93. The third-order valence-electron chi connectivity index (χ3n) is 4.95. The second-order valence-electron chi connectivity index (χ2n) is 7.43. The standard InChI is InChI=1S/C24H30N4O3/c1-6-31-21-13-12-19(14-22(21)30-5)15-27(4)16-23(29)25-24-17(2)26-28(18(24)3)20-10-8-7-9-11-20/h7-14H,6,15-16H2,1-5H3,(H,25,29). The van der Waals surface area contributed by atoms with Crippen molar-refractivity contribution in [2.45, 2.75) is 27.3 Å². The summed E-state index contributed by atoms with van der Waals surface area (Å²) in [5.74, 6) is 1.33. The number of nitrogens with zero attached hydrogens (tertiary/aromatic N) is 3. The van der Waals surface area contributed by atoms with E-state index in [9.17, 15) is 4.79 Å². The number of anilines is 1. The number of nitrogens with one attached hydrogen (secondary N) is 1. The summed E-state index contributed by atoms with van der Waals surface area (Å²) in [6.07, 6.45) is 0. The number of ether oxygens (including phenoxy) is 2. The molecule has 0 aliphatic heterocycles. The number of methoxy groups -OCH3 is 1. The van der Waals surface area contributed by atoms with Gasteiger partial charge in [-0.3, -0.25) is 9.69 Å². The maximum atomic E-state index is 12.7. The lowest BCUT2D eigenvalue weighted by molar-refractivity contribution is -0.117. The number of carbonyl (C=O) groups is 1. The minimum absolute atomic E-state index is 0.0841. The Bertz CT molecular complexity index is 1030. The Kier molecular flexibility index (Phi) is 7.31. The van der Waals surface area contributed by atoms with Crippen LogP contribution in [0.4, 0.5) is 5.69 Å². The van der Waals surface area contributed by atoms with Gasteiger partial charge in [-0.2, -0.15) is 5.10 Å². The molecule has 0 bridgehead atoms. The van der Waals surface area contributed by atoms with Crippen LogP contribution in [0.5, 0.6) is 11.5 Å². The molecule has 2 aromatic carbocycles. The summed E-state index contributed by atoms with van der Waals surface area (Å²) >= 11 is 0. The molecular formula is C24H30N4O3. The Morgan fingerprint density at radius 3 is 2.55 bits per heavy atom. The summed E-state index contributed by atoms with van der Waals surface area (Å²) in [7, 11) is 3.54. The Labute approximate surface area is 183 Å². The number of para-hydroxylation sites is 1. The molecular weight excluding hydrogens is 392 g/mol. The van der Waals surface area contributed by atoms with Crippen LogP contribution in [0.25, 0.3) is 5.69 Å². The first-order chi connectivity index (χ1) is 14.9. The molecule has 7 nitrogen and oxygen atoms in total. The van der Waals surface area contributed by atoms with E-state index < -0.39 is 0 Å². The van der Waals surface area contributed by atoms with E-state index in [-0.39, 0.29) is 12.5 Å². The number of rotatable bonds is 9. The Balaban J connectivity index is 1.64. The van der Waals surface area contributed by atoms with Crippen LogP contribution >= 0.6 is 0 Å². The van der Waals surface area contributed by atoms with E-state index in [4.69, 9.17) is 9.47 Å². The fourth-order valence-corrected chi connectivity index (χ4v) is 3.52. The van der Waals surface area contributed by atoms with E-state index >= 15 is 0 Å². The maximum absolute atomic E-state index is 12.7. The lowest BCUT2D eigenvalue weighted by Gasteiger charge is -2.18. The largest absolute Gasteiger partial charge is 0.493 e. The molecule has 0 aliphatic rings. The summed E-state index contributed by atoms with van der Waals surface area (Å²) < 4.78 is 12.8.